The summed E-state index contributed by atoms with van der Waals surface area (Å²) in [5.74, 6) is -0.130. The first-order valence-electron chi connectivity index (χ1n) is 5.79. The van der Waals surface area contributed by atoms with Gasteiger partial charge in [-0.05, 0) is 32.0 Å². The van der Waals surface area contributed by atoms with Crippen molar-refractivity contribution in [1.82, 2.24) is 4.98 Å². The maximum atomic E-state index is 12.0. The van der Waals surface area contributed by atoms with E-state index in [-0.39, 0.29) is 11.9 Å². The highest BCUT2D eigenvalue weighted by atomic mass is 35.5. The third-order valence-corrected chi connectivity index (χ3v) is 3.56. The number of carbonyl (C=O) groups is 1. The fourth-order valence-electron chi connectivity index (χ4n) is 1.52. The van der Waals surface area contributed by atoms with Crippen LogP contribution in [0.1, 0.15) is 12.6 Å². The number of aromatic nitrogens is 1. The van der Waals surface area contributed by atoms with Crippen LogP contribution in [0.4, 0.5) is 10.8 Å². The molecule has 0 unspecified atom stereocenters. The molecule has 0 spiro atoms. The lowest BCUT2D eigenvalue weighted by Crippen LogP contribution is -2.31. The molecule has 1 heterocycles. The minimum Gasteiger partial charge on any atom is -0.374 e. The number of nitrogens with zero attached hydrogens (tertiary/aromatic N) is 1. The number of anilines is 2. The molecule has 0 aliphatic carbocycles. The minimum absolute atomic E-state index is 0.130. The second-order valence-electron chi connectivity index (χ2n) is 4.16. The number of benzene rings is 1. The van der Waals surface area contributed by atoms with Crippen LogP contribution < -0.4 is 10.6 Å². The van der Waals surface area contributed by atoms with Gasteiger partial charge in [0, 0.05) is 16.1 Å². The third kappa shape index (κ3) is 3.94. The van der Waals surface area contributed by atoms with E-state index in [1.807, 2.05) is 24.4 Å². The summed E-state index contributed by atoms with van der Waals surface area (Å²) in [6.07, 6.45) is 0. The fraction of sp³-hybridized carbons (Fsp3) is 0.231. The predicted octanol–water partition coefficient (Wildman–Crippen LogP) is 3.54. The lowest BCUT2D eigenvalue weighted by Gasteiger charge is -2.14. The molecule has 0 bridgehead atoms. The van der Waals surface area contributed by atoms with Crippen LogP contribution in [0.25, 0.3) is 0 Å². The number of carbonyl (C=O) groups excluding carboxylic acids is 1. The molecule has 1 aromatic carbocycles. The molecular weight excluding hydrogens is 282 g/mol. The van der Waals surface area contributed by atoms with Gasteiger partial charge in [0.15, 0.2) is 5.13 Å². The second kappa shape index (κ2) is 6.04. The molecule has 0 fully saturated rings. The lowest BCUT2D eigenvalue weighted by atomic mass is 10.2. The van der Waals surface area contributed by atoms with Crippen molar-refractivity contribution in [3.63, 3.8) is 0 Å². The molecule has 2 aromatic rings. The van der Waals surface area contributed by atoms with Crippen molar-refractivity contribution >= 4 is 39.7 Å². The van der Waals surface area contributed by atoms with Gasteiger partial charge in [-0.2, -0.15) is 0 Å². The largest absolute Gasteiger partial charge is 0.374 e. The van der Waals surface area contributed by atoms with Gasteiger partial charge >= 0.3 is 0 Å². The van der Waals surface area contributed by atoms with E-state index in [9.17, 15) is 4.79 Å². The van der Waals surface area contributed by atoms with E-state index in [1.54, 1.807) is 19.1 Å². The van der Waals surface area contributed by atoms with Crippen molar-refractivity contribution < 1.29 is 4.79 Å². The van der Waals surface area contributed by atoms with Crippen LogP contribution in [0.3, 0.4) is 0 Å². The fourth-order valence-corrected chi connectivity index (χ4v) is 2.40. The molecule has 0 radical (unpaired) electrons. The number of thiazole rings is 1. The quantitative estimate of drug-likeness (QED) is 0.907. The summed E-state index contributed by atoms with van der Waals surface area (Å²) in [5.41, 5.74) is 1.71. The molecule has 1 atom stereocenters. The Morgan fingerprint density at radius 3 is 2.89 bits per heavy atom. The third-order valence-electron chi connectivity index (χ3n) is 2.45. The Labute approximate surface area is 120 Å². The van der Waals surface area contributed by atoms with Crippen LogP contribution in [0.2, 0.25) is 5.02 Å². The molecule has 2 N–H and O–H groups in total. The van der Waals surface area contributed by atoms with E-state index in [0.717, 1.165) is 11.4 Å². The Balaban J connectivity index is 1.96. The summed E-state index contributed by atoms with van der Waals surface area (Å²) >= 11 is 7.30. The molecule has 2 rings (SSSR count). The van der Waals surface area contributed by atoms with Crippen molar-refractivity contribution in [3.05, 3.63) is 40.4 Å². The average molecular weight is 296 g/mol. The molecule has 1 amide bonds. The molecule has 0 aliphatic heterocycles. The van der Waals surface area contributed by atoms with Crippen LogP contribution in [-0.2, 0) is 4.79 Å². The van der Waals surface area contributed by atoms with Crippen LogP contribution >= 0.6 is 22.9 Å². The van der Waals surface area contributed by atoms with Crippen LogP contribution in [0, 0.1) is 6.92 Å². The van der Waals surface area contributed by atoms with Gasteiger partial charge in [-0.15, -0.1) is 11.3 Å². The first-order valence-corrected chi connectivity index (χ1v) is 7.05. The number of rotatable bonds is 4. The molecule has 1 aromatic heterocycles. The summed E-state index contributed by atoms with van der Waals surface area (Å²) in [6.45, 7) is 3.68. The van der Waals surface area contributed by atoms with E-state index in [1.165, 1.54) is 11.3 Å². The Hall–Kier alpha value is -1.59. The van der Waals surface area contributed by atoms with Gasteiger partial charge in [-0.25, -0.2) is 4.98 Å². The summed E-state index contributed by atoms with van der Waals surface area (Å²) < 4.78 is 0. The predicted molar refractivity (Wildman–Crippen MR) is 80.0 cm³/mol. The van der Waals surface area contributed by atoms with Crippen LogP contribution in [0.5, 0.6) is 0 Å². The van der Waals surface area contributed by atoms with E-state index in [4.69, 9.17) is 11.6 Å². The zero-order chi connectivity index (χ0) is 13.8. The van der Waals surface area contributed by atoms with E-state index < -0.39 is 0 Å². The number of amides is 1. The van der Waals surface area contributed by atoms with Crippen molar-refractivity contribution in [2.45, 2.75) is 19.9 Å². The zero-order valence-corrected chi connectivity index (χ0v) is 12.2. The maximum absolute atomic E-state index is 12.0. The monoisotopic (exact) mass is 295 g/mol. The molecule has 0 aliphatic rings. The summed E-state index contributed by atoms with van der Waals surface area (Å²) in [6, 6.07) is 6.89. The lowest BCUT2D eigenvalue weighted by molar-refractivity contribution is -0.116. The maximum Gasteiger partial charge on any atom is 0.248 e. The topological polar surface area (TPSA) is 54.0 Å². The highest BCUT2D eigenvalue weighted by molar-refractivity contribution is 7.13. The molecule has 19 heavy (non-hydrogen) atoms. The Kier molecular flexibility index (Phi) is 4.39. The SMILES string of the molecule is Cc1csc(NC(=O)[C@H](C)Nc2cccc(Cl)c2)n1. The Morgan fingerprint density at radius 1 is 1.47 bits per heavy atom. The molecule has 100 valence electrons. The highest BCUT2D eigenvalue weighted by Crippen LogP contribution is 2.17. The second-order valence-corrected chi connectivity index (χ2v) is 5.45. The molecular formula is C13H14ClN3OS. The molecule has 4 nitrogen and oxygen atoms in total. The number of halogens is 1. The number of nitrogens with one attached hydrogen (secondary N) is 2. The standard InChI is InChI=1S/C13H14ClN3OS/c1-8-7-19-13(15-8)17-12(18)9(2)16-11-5-3-4-10(14)6-11/h3-7,9,16H,1-2H3,(H,15,17,18)/t9-/m0/s1. The normalized spacial score (nSPS) is 11.9. The van der Waals surface area contributed by atoms with Crippen molar-refractivity contribution in [2.24, 2.45) is 0 Å². The van der Waals surface area contributed by atoms with E-state index in [2.05, 4.69) is 15.6 Å². The zero-order valence-electron chi connectivity index (χ0n) is 10.6. The van der Waals surface area contributed by atoms with E-state index in [0.29, 0.717) is 10.2 Å². The van der Waals surface area contributed by atoms with Crippen LogP contribution in [-0.4, -0.2) is 16.9 Å². The van der Waals surface area contributed by atoms with Gasteiger partial charge in [0.1, 0.15) is 6.04 Å². The molecule has 6 heteroatoms. The van der Waals surface area contributed by atoms with Crippen molar-refractivity contribution in [1.29, 1.82) is 0 Å². The first-order chi connectivity index (χ1) is 9.04. The summed E-state index contributed by atoms with van der Waals surface area (Å²) in [4.78, 5) is 16.2. The average Bonchev–Trinajstić information content (AvgIpc) is 2.74. The van der Waals surface area contributed by atoms with Gasteiger partial charge < -0.3 is 10.6 Å². The number of aryl methyl sites for hydroxylation is 1. The number of hydrogen-bond acceptors (Lipinski definition) is 4. The smallest absolute Gasteiger partial charge is 0.248 e. The van der Waals surface area contributed by atoms with E-state index >= 15 is 0 Å². The summed E-state index contributed by atoms with van der Waals surface area (Å²) in [7, 11) is 0. The van der Waals surface area contributed by atoms with Crippen molar-refractivity contribution in [2.75, 3.05) is 10.6 Å². The van der Waals surface area contributed by atoms with Gasteiger partial charge in [0.05, 0.1) is 5.69 Å². The Bertz CT molecular complexity index is 585. The molecule has 0 saturated heterocycles. The van der Waals surface area contributed by atoms with Gasteiger partial charge in [-0.1, -0.05) is 17.7 Å². The van der Waals surface area contributed by atoms with Crippen LogP contribution in [0.15, 0.2) is 29.6 Å². The van der Waals surface area contributed by atoms with Crippen molar-refractivity contribution in [3.8, 4) is 0 Å². The van der Waals surface area contributed by atoms with Gasteiger partial charge in [0.2, 0.25) is 5.91 Å². The van der Waals surface area contributed by atoms with Gasteiger partial charge in [0.25, 0.3) is 0 Å². The van der Waals surface area contributed by atoms with Gasteiger partial charge in [-0.3, -0.25) is 4.79 Å². The highest BCUT2D eigenvalue weighted by Gasteiger charge is 2.14. The molecule has 0 saturated carbocycles. The Morgan fingerprint density at radius 2 is 2.26 bits per heavy atom. The first kappa shape index (κ1) is 13.8. The minimum atomic E-state index is -0.373. The summed E-state index contributed by atoms with van der Waals surface area (Å²) in [5, 5.41) is 9.00. The number of hydrogen-bond donors (Lipinski definition) is 2.